The summed E-state index contributed by atoms with van der Waals surface area (Å²) in [7, 11) is 0. The van der Waals surface area contributed by atoms with E-state index in [1.165, 1.54) is 0 Å². The number of halogens is 3. The first-order valence-electron chi connectivity index (χ1n) is 5.02. The molecular formula is C10H8F3NO6. The third kappa shape index (κ3) is 3.82. The number of benzene rings is 1. The lowest BCUT2D eigenvalue weighted by atomic mass is 10.2. The monoisotopic (exact) mass is 295 g/mol. The summed E-state index contributed by atoms with van der Waals surface area (Å²) in [5.41, 5.74) is -1.22. The number of carbonyl (C=O) groups is 1. The second-order valence-corrected chi connectivity index (χ2v) is 3.61. The first kappa shape index (κ1) is 15.7. The average molecular weight is 295 g/mol. The SMILES string of the molecule is O=C(O)c1cc([N+](=O)[O-])ccc1OCC(O)C(F)(F)F. The molecule has 1 aromatic rings. The highest BCUT2D eigenvalue weighted by molar-refractivity contribution is 5.91. The van der Waals surface area contributed by atoms with Gasteiger partial charge in [-0.3, -0.25) is 10.1 Å². The predicted molar refractivity (Wildman–Crippen MR) is 57.6 cm³/mol. The molecule has 0 aliphatic rings. The fourth-order valence-corrected chi connectivity index (χ4v) is 1.19. The highest BCUT2D eigenvalue weighted by Crippen LogP contribution is 2.26. The van der Waals surface area contributed by atoms with Crippen LogP contribution in [0.4, 0.5) is 18.9 Å². The summed E-state index contributed by atoms with van der Waals surface area (Å²) >= 11 is 0. The number of nitro groups is 1. The standard InChI is InChI=1S/C10H8F3NO6/c11-10(12,13)8(15)4-20-7-2-1-5(14(18)19)3-6(7)9(16)17/h1-3,8,15H,4H2,(H,16,17). The molecule has 0 radical (unpaired) electrons. The number of aliphatic hydroxyl groups excluding tert-OH is 1. The van der Waals surface area contributed by atoms with Crippen LogP contribution < -0.4 is 4.74 Å². The van der Waals surface area contributed by atoms with E-state index >= 15 is 0 Å². The molecule has 110 valence electrons. The fraction of sp³-hybridized carbons (Fsp3) is 0.300. The van der Waals surface area contributed by atoms with Crippen molar-refractivity contribution < 1.29 is 37.8 Å². The molecule has 0 aliphatic carbocycles. The van der Waals surface area contributed by atoms with Crippen molar-refractivity contribution in [1.82, 2.24) is 0 Å². The second kappa shape index (κ2) is 5.74. The summed E-state index contributed by atoms with van der Waals surface area (Å²) in [5, 5.41) is 28.0. The molecule has 1 atom stereocenters. The van der Waals surface area contributed by atoms with Crippen molar-refractivity contribution in [2.24, 2.45) is 0 Å². The van der Waals surface area contributed by atoms with E-state index < -0.39 is 46.8 Å². The maximum absolute atomic E-state index is 12.0. The highest BCUT2D eigenvalue weighted by Gasteiger charge is 2.39. The van der Waals surface area contributed by atoms with Crippen molar-refractivity contribution >= 4 is 11.7 Å². The van der Waals surface area contributed by atoms with E-state index in [-0.39, 0.29) is 0 Å². The van der Waals surface area contributed by atoms with Crippen molar-refractivity contribution in [2.75, 3.05) is 6.61 Å². The Balaban J connectivity index is 2.95. The van der Waals surface area contributed by atoms with Crippen LogP contribution in [0.2, 0.25) is 0 Å². The molecule has 10 heteroatoms. The molecule has 0 saturated carbocycles. The summed E-state index contributed by atoms with van der Waals surface area (Å²) in [6.07, 6.45) is -7.70. The lowest BCUT2D eigenvalue weighted by Gasteiger charge is -2.16. The average Bonchev–Trinajstić information content (AvgIpc) is 2.34. The van der Waals surface area contributed by atoms with E-state index in [2.05, 4.69) is 4.74 Å². The summed E-state index contributed by atoms with van der Waals surface area (Å²) in [5.74, 6) is -2.11. The van der Waals surface area contributed by atoms with Gasteiger partial charge in [-0.1, -0.05) is 0 Å². The summed E-state index contributed by atoms with van der Waals surface area (Å²) in [6, 6.07) is 2.38. The zero-order chi connectivity index (χ0) is 15.5. The Kier molecular flexibility index (Phi) is 4.50. The first-order chi connectivity index (χ1) is 9.12. The van der Waals surface area contributed by atoms with Crippen LogP contribution in [0.5, 0.6) is 5.75 Å². The minimum absolute atomic E-state index is 0.508. The van der Waals surface area contributed by atoms with Crippen LogP contribution in [0.25, 0.3) is 0 Å². The molecular weight excluding hydrogens is 287 g/mol. The molecule has 0 aromatic heterocycles. The predicted octanol–water partition coefficient (Wildman–Crippen LogP) is 1.59. The highest BCUT2D eigenvalue weighted by atomic mass is 19.4. The van der Waals surface area contributed by atoms with Gasteiger partial charge in [0.1, 0.15) is 17.9 Å². The number of hydrogen-bond acceptors (Lipinski definition) is 5. The van der Waals surface area contributed by atoms with Crippen molar-refractivity contribution in [3.8, 4) is 5.75 Å². The molecule has 0 aliphatic heterocycles. The molecule has 0 bridgehead atoms. The second-order valence-electron chi connectivity index (χ2n) is 3.61. The first-order valence-corrected chi connectivity index (χ1v) is 5.02. The van der Waals surface area contributed by atoms with Gasteiger partial charge >= 0.3 is 12.1 Å². The molecule has 2 N–H and O–H groups in total. The van der Waals surface area contributed by atoms with E-state index in [1.54, 1.807) is 0 Å². The molecule has 0 amide bonds. The van der Waals surface area contributed by atoms with Crippen molar-refractivity contribution in [3.63, 3.8) is 0 Å². The third-order valence-electron chi connectivity index (χ3n) is 2.18. The van der Waals surface area contributed by atoms with E-state index in [1.807, 2.05) is 0 Å². The molecule has 20 heavy (non-hydrogen) atoms. The zero-order valence-electron chi connectivity index (χ0n) is 9.63. The molecule has 0 fully saturated rings. The van der Waals surface area contributed by atoms with Gasteiger partial charge in [0.15, 0.2) is 6.10 Å². The van der Waals surface area contributed by atoms with E-state index in [0.717, 1.165) is 12.1 Å². The fourth-order valence-electron chi connectivity index (χ4n) is 1.19. The van der Waals surface area contributed by atoms with Crippen molar-refractivity contribution in [3.05, 3.63) is 33.9 Å². The van der Waals surface area contributed by atoms with Gasteiger partial charge in [0.2, 0.25) is 0 Å². The molecule has 1 unspecified atom stereocenters. The summed E-state index contributed by atoms with van der Waals surface area (Å²) in [6.45, 7) is -1.22. The Morgan fingerprint density at radius 3 is 2.50 bits per heavy atom. The number of rotatable bonds is 5. The smallest absolute Gasteiger partial charge is 0.417 e. The molecule has 0 spiro atoms. The van der Waals surface area contributed by atoms with Gasteiger partial charge in [-0.25, -0.2) is 4.79 Å². The number of aliphatic hydroxyl groups is 1. The maximum Gasteiger partial charge on any atom is 0.417 e. The third-order valence-corrected chi connectivity index (χ3v) is 2.18. The van der Waals surface area contributed by atoms with Crippen LogP contribution in [-0.4, -0.2) is 40.0 Å². The number of nitrogens with zero attached hydrogens (tertiary/aromatic N) is 1. The number of alkyl halides is 3. The van der Waals surface area contributed by atoms with Crippen LogP contribution in [0.3, 0.4) is 0 Å². The van der Waals surface area contributed by atoms with Gasteiger partial charge in [-0.2, -0.15) is 13.2 Å². The minimum atomic E-state index is -4.91. The van der Waals surface area contributed by atoms with Crippen LogP contribution in [0.15, 0.2) is 18.2 Å². The summed E-state index contributed by atoms with van der Waals surface area (Å²) < 4.78 is 40.7. The number of carboxylic acids is 1. The normalized spacial score (nSPS) is 12.8. The number of carboxylic acid groups (broad SMARTS) is 1. The summed E-state index contributed by atoms with van der Waals surface area (Å²) in [4.78, 5) is 20.5. The Hall–Kier alpha value is -2.36. The quantitative estimate of drug-likeness (QED) is 0.630. The van der Waals surface area contributed by atoms with Crippen molar-refractivity contribution in [2.45, 2.75) is 12.3 Å². The maximum atomic E-state index is 12.0. The van der Waals surface area contributed by atoms with Gasteiger partial charge in [0, 0.05) is 12.1 Å². The number of aromatic carboxylic acids is 1. The van der Waals surface area contributed by atoms with Crippen LogP contribution >= 0.6 is 0 Å². The van der Waals surface area contributed by atoms with Gasteiger partial charge in [0.05, 0.1) is 4.92 Å². The van der Waals surface area contributed by atoms with Gasteiger partial charge in [-0.15, -0.1) is 0 Å². The molecule has 7 nitrogen and oxygen atoms in total. The van der Waals surface area contributed by atoms with Gasteiger partial charge < -0.3 is 14.9 Å². The molecule has 0 heterocycles. The Labute approximate surface area is 109 Å². The number of ether oxygens (including phenoxy) is 1. The number of nitro benzene ring substituents is 1. The molecule has 1 aromatic carbocycles. The van der Waals surface area contributed by atoms with Crippen LogP contribution in [-0.2, 0) is 0 Å². The lowest BCUT2D eigenvalue weighted by molar-refractivity contribution is -0.384. The van der Waals surface area contributed by atoms with E-state index in [9.17, 15) is 28.1 Å². The zero-order valence-corrected chi connectivity index (χ0v) is 9.63. The minimum Gasteiger partial charge on any atom is -0.490 e. The van der Waals surface area contributed by atoms with E-state index in [0.29, 0.717) is 6.07 Å². The Morgan fingerprint density at radius 2 is 2.05 bits per heavy atom. The number of non-ortho nitro benzene ring substituents is 1. The Morgan fingerprint density at radius 1 is 1.45 bits per heavy atom. The number of hydrogen-bond donors (Lipinski definition) is 2. The van der Waals surface area contributed by atoms with Gasteiger partial charge in [-0.05, 0) is 6.07 Å². The van der Waals surface area contributed by atoms with Gasteiger partial charge in [0.25, 0.3) is 5.69 Å². The largest absolute Gasteiger partial charge is 0.490 e. The van der Waals surface area contributed by atoms with Crippen LogP contribution in [0.1, 0.15) is 10.4 Å². The van der Waals surface area contributed by atoms with Crippen LogP contribution in [0, 0.1) is 10.1 Å². The molecule has 0 saturated heterocycles. The lowest BCUT2D eigenvalue weighted by Crippen LogP contribution is -2.34. The topological polar surface area (TPSA) is 110 Å². The molecule has 1 rings (SSSR count). The van der Waals surface area contributed by atoms with Crippen molar-refractivity contribution in [1.29, 1.82) is 0 Å². The van der Waals surface area contributed by atoms with E-state index in [4.69, 9.17) is 10.2 Å². The Bertz CT molecular complexity index is 530.